The fraction of sp³-hybridized carbons (Fsp3) is 0.345. The number of aromatic hydroxyl groups is 1. The van der Waals surface area contributed by atoms with Gasteiger partial charge in [-0.1, -0.05) is 18.2 Å². The highest BCUT2D eigenvalue weighted by Crippen LogP contribution is 2.53. The van der Waals surface area contributed by atoms with Crippen LogP contribution in [0.2, 0.25) is 0 Å². The number of hydrogen-bond donors (Lipinski definition) is 6. The van der Waals surface area contributed by atoms with E-state index in [1.165, 1.54) is 25.1 Å². The van der Waals surface area contributed by atoms with Gasteiger partial charge in [-0.3, -0.25) is 14.4 Å². The summed E-state index contributed by atoms with van der Waals surface area (Å²) in [6.45, 7) is 0. The number of nitrogens with zero attached hydrogens (tertiary/aromatic N) is 1. The zero-order valence-corrected chi connectivity index (χ0v) is 21.6. The van der Waals surface area contributed by atoms with Crippen LogP contribution in [0.25, 0.3) is 28.1 Å². The molecule has 7 N–H and O–H groups in total. The van der Waals surface area contributed by atoms with Crippen LogP contribution in [-0.2, 0) is 20.8 Å². The number of carbonyl (C=O) groups is 3. The number of phenolic OH excluding ortho intramolecular Hbond substituents is 1. The van der Waals surface area contributed by atoms with Gasteiger partial charge in [0.15, 0.2) is 11.4 Å². The maximum absolute atomic E-state index is 14.0. The lowest BCUT2D eigenvalue weighted by molar-refractivity contribution is -0.198. The molecule has 2 unspecified atom stereocenters. The Morgan fingerprint density at radius 1 is 1.07 bits per heavy atom. The monoisotopic (exact) mass is 548 g/mol. The van der Waals surface area contributed by atoms with E-state index in [-0.39, 0.29) is 17.7 Å². The Hall–Kier alpha value is -4.03. The van der Waals surface area contributed by atoms with Gasteiger partial charge in [0, 0.05) is 34.4 Å². The van der Waals surface area contributed by atoms with Crippen LogP contribution in [0.1, 0.15) is 11.1 Å². The van der Waals surface area contributed by atoms with E-state index in [9.17, 15) is 39.9 Å². The van der Waals surface area contributed by atoms with Crippen molar-refractivity contribution in [3.63, 3.8) is 0 Å². The molecule has 3 aliphatic carbocycles. The number of furan rings is 1. The van der Waals surface area contributed by atoms with E-state index in [1.807, 2.05) is 18.2 Å². The van der Waals surface area contributed by atoms with Gasteiger partial charge >= 0.3 is 0 Å². The molecule has 1 heterocycles. The Morgan fingerprint density at radius 2 is 1.77 bits per heavy atom. The smallest absolute Gasteiger partial charge is 0.230 e. The number of amides is 1. The number of nitrogens with two attached hydrogens (primary N) is 1. The highest BCUT2D eigenvalue weighted by Gasteiger charge is 2.70. The van der Waals surface area contributed by atoms with E-state index in [0.717, 1.165) is 5.39 Å². The van der Waals surface area contributed by atoms with Crippen molar-refractivity contribution >= 4 is 34.2 Å². The molecule has 11 nitrogen and oxygen atoms in total. The number of aliphatic hydroxyl groups is 4. The van der Waals surface area contributed by atoms with Crippen LogP contribution in [0.15, 0.2) is 52.5 Å². The summed E-state index contributed by atoms with van der Waals surface area (Å²) in [5.41, 5.74) is 3.40. The number of benzene rings is 2. The van der Waals surface area contributed by atoms with E-state index >= 15 is 0 Å². The van der Waals surface area contributed by atoms with E-state index in [1.54, 1.807) is 18.2 Å². The van der Waals surface area contributed by atoms with E-state index < -0.39 is 70.4 Å². The predicted octanol–water partition coefficient (Wildman–Crippen LogP) is 0.513. The zero-order chi connectivity index (χ0) is 28.8. The molecule has 3 aliphatic rings. The van der Waals surface area contributed by atoms with E-state index in [0.29, 0.717) is 22.5 Å². The summed E-state index contributed by atoms with van der Waals surface area (Å²) in [5, 5.41) is 57.4. The van der Waals surface area contributed by atoms with Crippen molar-refractivity contribution in [2.24, 2.45) is 23.5 Å². The molecule has 6 rings (SSSR count). The molecule has 2 aromatic carbocycles. The van der Waals surface area contributed by atoms with Crippen molar-refractivity contribution in [1.82, 2.24) is 4.90 Å². The molecule has 0 spiro atoms. The molecule has 7 atom stereocenters. The summed E-state index contributed by atoms with van der Waals surface area (Å²) in [7, 11) is 3.02. The van der Waals surface area contributed by atoms with Crippen LogP contribution >= 0.6 is 0 Å². The number of rotatable bonds is 3. The largest absolute Gasteiger partial charge is 0.507 e. The van der Waals surface area contributed by atoms with Crippen molar-refractivity contribution < 1.29 is 44.3 Å². The van der Waals surface area contributed by atoms with Crippen molar-refractivity contribution in [3.8, 4) is 17.1 Å². The lowest BCUT2D eigenvalue weighted by Crippen LogP contribution is -2.76. The molecular weight excluding hydrogens is 520 g/mol. The maximum Gasteiger partial charge on any atom is 0.230 e. The average Bonchev–Trinajstić information content (AvgIpc) is 3.32. The van der Waals surface area contributed by atoms with Gasteiger partial charge in [0.25, 0.3) is 0 Å². The number of ketones is 2. The molecule has 208 valence electrons. The third kappa shape index (κ3) is 3.29. The number of hydrogen-bond acceptors (Lipinski definition) is 10. The van der Waals surface area contributed by atoms with Crippen LogP contribution in [0, 0.1) is 17.8 Å². The highest BCUT2D eigenvalue weighted by molar-refractivity contribution is 6.25. The SMILES string of the molecule is CN(C)[C@H]1C(O)C(C(N)=O)C(=O)[C@]2(O)C(=O)C3=C(O)c4c(O)ccc(-c5cc6ccccc6o5)c4C[C@@H]3[C@@H](O)[C@H]12. The van der Waals surface area contributed by atoms with Gasteiger partial charge in [-0.05, 0) is 50.3 Å². The van der Waals surface area contributed by atoms with Crippen LogP contribution in [0.5, 0.6) is 5.75 Å². The Bertz CT molecular complexity index is 1610. The summed E-state index contributed by atoms with van der Waals surface area (Å²) >= 11 is 0. The minimum Gasteiger partial charge on any atom is -0.507 e. The summed E-state index contributed by atoms with van der Waals surface area (Å²) in [6.07, 6.45) is -3.41. The summed E-state index contributed by atoms with van der Waals surface area (Å²) in [5.74, 6) is -9.01. The van der Waals surface area contributed by atoms with Crippen LogP contribution in [0.3, 0.4) is 0 Å². The standard InChI is InChI=1S/C29H28N2O9/c1-31(2)22-21-23(33)14-10-13-12(17-9-11-5-3-4-6-16(11)40-17)7-8-15(32)18(13)24(34)19(14)26(36)29(21,39)27(37)20(25(22)35)28(30)38/h3-9,14,20-23,25,32-35,39H,10H2,1-2H3,(H2,30,38)/t14-,20?,21-,22+,23+,25?,29+/m0/s1. The van der Waals surface area contributed by atoms with Gasteiger partial charge in [0.1, 0.15) is 28.8 Å². The molecule has 11 heteroatoms. The van der Waals surface area contributed by atoms with E-state index in [2.05, 4.69) is 0 Å². The summed E-state index contributed by atoms with van der Waals surface area (Å²) in [6, 6.07) is 10.8. The molecule has 0 radical (unpaired) electrons. The third-order valence-corrected chi connectivity index (χ3v) is 8.74. The molecule has 40 heavy (non-hydrogen) atoms. The van der Waals surface area contributed by atoms with Crippen LogP contribution in [-0.4, -0.2) is 85.9 Å². The second-order valence-electron chi connectivity index (χ2n) is 11.0. The average molecular weight is 549 g/mol. The fourth-order valence-corrected chi connectivity index (χ4v) is 6.96. The zero-order valence-electron chi connectivity index (χ0n) is 21.6. The number of fused-ring (bicyclic) bond motifs is 4. The van der Waals surface area contributed by atoms with Gasteiger partial charge in [-0.15, -0.1) is 0 Å². The van der Waals surface area contributed by atoms with E-state index in [4.69, 9.17) is 10.2 Å². The third-order valence-electron chi connectivity index (χ3n) is 8.74. The molecular formula is C29H28N2O9. The lowest BCUT2D eigenvalue weighted by Gasteiger charge is -2.55. The number of phenols is 1. The fourth-order valence-electron chi connectivity index (χ4n) is 6.96. The topological polar surface area (TPSA) is 195 Å². The minimum atomic E-state index is -2.96. The Labute approximate surface area is 227 Å². The molecule has 2 saturated carbocycles. The van der Waals surface area contributed by atoms with Gasteiger partial charge in [-0.25, -0.2) is 0 Å². The van der Waals surface area contributed by atoms with Crippen LogP contribution < -0.4 is 5.73 Å². The second-order valence-corrected chi connectivity index (χ2v) is 11.0. The molecule has 3 aromatic rings. The maximum atomic E-state index is 14.0. The number of carbonyl (C=O) groups excluding carboxylic acids is 3. The van der Waals surface area contributed by atoms with Crippen molar-refractivity contribution in [1.29, 1.82) is 0 Å². The first-order valence-electron chi connectivity index (χ1n) is 12.8. The summed E-state index contributed by atoms with van der Waals surface area (Å²) in [4.78, 5) is 41.0. The number of aliphatic hydroxyl groups excluding tert-OH is 3. The quantitative estimate of drug-likeness (QED) is 0.251. The van der Waals surface area contributed by atoms with Crippen molar-refractivity contribution in [2.75, 3.05) is 14.1 Å². The Morgan fingerprint density at radius 3 is 2.42 bits per heavy atom. The van der Waals surface area contributed by atoms with Crippen LogP contribution in [0.4, 0.5) is 0 Å². The van der Waals surface area contributed by atoms with Gasteiger partial charge < -0.3 is 40.6 Å². The molecule has 0 aliphatic heterocycles. The molecule has 0 saturated heterocycles. The molecule has 0 bridgehead atoms. The highest BCUT2D eigenvalue weighted by atomic mass is 16.3. The molecule has 2 fully saturated rings. The van der Waals surface area contributed by atoms with Crippen molar-refractivity contribution in [2.45, 2.75) is 30.3 Å². The Balaban J connectivity index is 1.57. The minimum absolute atomic E-state index is 0.0708. The molecule has 1 amide bonds. The first-order valence-corrected chi connectivity index (χ1v) is 12.8. The van der Waals surface area contributed by atoms with Gasteiger partial charge in [-0.2, -0.15) is 0 Å². The van der Waals surface area contributed by atoms with Gasteiger partial charge in [0.05, 0.1) is 17.8 Å². The number of Topliss-reactive ketones (excluding diaryl/α,β-unsaturated/α-hetero) is 2. The number of primary amides is 1. The normalized spacial score (nSPS) is 31.8. The number of likely N-dealkylation sites (N-methyl/N-ethyl adjacent to an activating group) is 1. The second kappa shape index (κ2) is 8.73. The van der Waals surface area contributed by atoms with Gasteiger partial charge in [0.2, 0.25) is 11.7 Å². The number of para-hydroxylation sites is 1. The molecule has 1 aromatic heterocycles. The predicted molar refractivity (Wildman–Crippen MR) is 141 cm³/mol. The van der Waals surface area contributed by atoms with Crippen molar-refractivity contribution in [3.05, 3.63) is 59.2 Å². The first kappa shape index (κ1) is 26.2. The lowest BCUT2D eigenvalue weighted by atomic mass is 9.53. The first-order chi connectivity index (χ1) is 18.9. The summed E-state index contributed by atoms with van der Waals surface area (Å²) < 4.78 is 6.02. The Kier molecular flexibility index (Phi) is 5.72.